The highest BCUT2D eigenvalue weighted by molar-refractivity contribution is 6.57. The molecule has 0 radical (unpaired) electrons. The third-order valence-electron chi connectivity index (χ3n) is 1.34. The highest BCUT2D eigenvalue weighted by Crippen LogP contribution is 2.01. The van der Waals surface area contributed by atoms with Crippen molar-refractivity contribution in [3.63, 3.8) is 0 Å². The van der Waals surface area contributed by atoms with Crippen LogP contribution in [0, 0.1) is 0 Å². The average molecular weight is 138 g/mol. The van der Waals surface area contributed by atoms with E-state index in [4.69, 9.17) is 11.6 Å². The summed E-state index contributed by atoms with van der Waals surface area (Å²) in [5.41, 5.74) is 1.22. The summed E-state index contributed by atoms with van der Waals surface area (Å²) in [4.78, 5) is 0. The van der Waals surface area contributed by atoms with Gasteiger partial charge in [-0.1, -0.05) is 42.1 Å². The Morgan fingerprint density at radius 1 is 1.33 bits per heavy atom. The van der Waals surface area contributed by atoms with Crippen molar-refractivity contribution < 1.29 is 0 Å². The first-order valence-corrected chi connectivity index (χ1v) is 3.45. The lowest BCUT2D eigenvalue weighted by molar-refractivity contribution is 1.76. The number of hydrogen-bond acceptors (Lipinski definition) is 0. The van der Waals surface area contributed by atoms with Gasteiger partial charge in [-0.3, -0.25) is 0 Å². The number of rotatable bonds is 1. The maximum atomic E-state index is 5.82. The summed E-state index contributed by atoms with van der Waals surface area (Å²) < 4.78 is 0. The van der Waals surface area contributed by atoms with Crippen molar-refractivity contribution >= 4 is 24.3 Å². The zero-order valence-electron chi connectivity index (χ0n) is 5.39. The van der Waals surface area contributed by atoms with Crippen LogP contribution in [-0.4, -0.2) is 7.28 Å². The molecule has 1 aromatic carbocycles. The summed E-state index contributed by atoms with van der Waals surface area (Å²) in [7, 11) is 1.01. The predicted molar refractivity (Wildman–Crippen MR) is 44.1 cm³/mol. The second-order valence-electron chi connectivity index (χ2n) is 1.94. The molecule has 0 fully saturated rings. The van der Waals surface area contributed by atoms with Gasteiger partial charge in [0.05, 0.1) is 0 Å². The summed E-state index contributed by atoms with van der Waals surface area (Å²) in [6, 6.07) is 7.91. The minimum absolute atomic E-state index is 0.875. The second kappa shape index (κ2) is 2.93. The van der Waals surface area contributed by atoms with Crippen LogP contribution < -0.4 is 5.46 Å². The Morgan fingerprint density at radius 2 is 2.00 bits per heavy atom. The van der Waals surface area contributed by atoms with Gasteiger partial charge in [-0.2, -0.15) is 0 Å². The molecule has 0 bridgehead atoms. The van der Waals surface area contributed by atoms with Crippen LogP contribution in [0.1, 0.15) is 0 Å². The number of benzene rings is 1. The monoisotopic (exact) mass is 138 g/mol. The summed E-state index contributed by atoms with van der Waals surface area (Å²) in [5.74, 6) is 0. The van der Waals surface area contributed by atoms with Gasteiger partial charge in [0, 0.05) is 5.02 Å². The van der Waals surface area contributed by atoms with Crippen molar-refractivity contribution in [2.24, 2.45) is 0 Å². The smallest absolute Gasteiger partial charge is 0.0849 e. The zero-order valence-corrected chi connectivity index (χ0v) is 6.15. The molecule has 0 atom stereocenters. The van der Waals surface area contributed by atoms with Gasteiger partial charge < -0.3 is 0 Å². The summed E-state index contributed by atoms with van der Waals surface area (Å²) >= 11 is 5.82. The van der Waals surface area contributed by atoms with Crippen molar-refractivity contribution in [3.8, 4) is 0 Å². The van der Waals surface area contributed by atoms with Crippen molar-refractivity contribution in [3.05, 3.63) is 29.3 Å². The molecule has 0 N–H and O–H groups in total. The van der Waals surface area contributed by atoms with Gasteiger partial charge in [-0.05, 0) is 6.07 Å². The van der Waals surface area contributed by atoms with E-state index < -0.39 is 0 Å². The molecule has 0 spiro atoms. The van der Waals surface area contributed by atoms with Crippen LogP contribution in [0.25, 0.3) is 0 Å². The molecular formula is C7H8BCl. The van der Waals surface area contributed by atoms with Gasteiger partial charge >= 0.3 is 0 Å². The van der Waals surface area contributed by atoms with E-state index in [1.165, 1.54) is 5.46 Å². The fraction of sp³-hybridized carbons (Fsp3) is 0.143. The van der Waals surface area contributed by atoms with E-state index in [-0.39, 0.29) is 0 Å². The Balaban J connectivity index is 3.01. The predicted octanol–water partition coefficient (Wildman–Crippen LogP) is 1.45. The van der Waals surface area contributed by atoms with E-state index in [1.807, 2.05) is 24.3 Å². The van der Waals surface area contributed by atoms with Crippen molar-refractivity contribution in [1.29, 1.82) is 0 Å². The summed E-state index contributed by atoms with van der Waals surface area (Å²) in [6.45, 7) is 2.10. The molecule has 0 saturated heterocycles. The molecule has 0 saturated carbocycles. The molecule has 0 aliphatic carbocycles. The molecular weight excluding hydrogens is 130 g/mol. The SMILES string of the molecule is CBc1ccccc1Cl. The Kier molecular flexibility index (Phi) is 2.18. The molecule has 0 heterocycles. The molecule has 46 valence electrons. The third kappa shape index (κ3) is 1.49. The quantitative estimate of drug-likeness (QED) is 0.515. The Labute approximate surface area is 61.1 Å². The highest BCUT2D eigenvalue weighted by atomic mass is 35.5. The van der Waals surface area contributed by atoms with Gasteiger partial charge in [0.15, 0.2) is 7.28 Å². The second-order valence-corrected chi connectivity index (χ2v) is 2.35. The van der Waals surface area contributed by atoms with E-state index in [9.17, 15) is 0 Å². The van der Waals surface area contributed by atoms with Crippen LogP contribution in [0.4, 0.5) is 0 Å². The maximum Gasteiger partial charge on any atom is 0.156 e. The lowest BCUT2D eigenvalue weighted by atomic mass is 9.73. The first-order valence-electron chi connectivity index (χ1n) is 3.08. The normalized spacial score (nSPS) is 9.11. The van der Waals surface area contributed by atoms with E-state index >= 15 is 0 Å². The zero-order chi connectivity index (χ0) is 6.69. The van der Waals surface area contributed by atoms with E-state index in [0.717, 1.165) is 12.3 Å². The first-order chi connectivity index (χ1) is 4.34. The first kappa shape index (κ1) is 6.69. The van der Waals surface area contributed by atoms with Crippen molar-refractivity contribution in [2.45, 2.75) is 6.82 Å². The minimum Gasteiger partial charge on any atom is -0.0849 e. The fourth-order valence-electron chi connectivity index (χ4n) is 0.785. The standard InChI is InChI=1S/C7H8BCl/c1-8-6-4-2-3-5-7(6)9/h2-5,8H,1H3. The van der Waals surface area contributed by atoms with E-state index in [0.29, 0.717) is 0 Å². The topological polar surface area (TPSA) is 0 Å². The molecule has 1 aromatic rings. The molecule has 0 aliphatic rings. The van der Waals surface area contributed by atoms with Gasteiger partial charge in [-0.15, -0.1) is 0 Å². The summed E-state index contributed by atoms with van der Waals surface area (Å²) in [6.07, 6.45) is 0. The Bertz CT molecular complexity index is 198. The number of halogens is 1. The van der Waals surface area contributed by atoms with Crippen LogP contribution >= 0.6 is 11.6 Å². The molecule has 1 rings (SSSR count). The van der Waals surface area contributed by atoms with Crippen molar-refractivity contribution in [1.82, 2.24) is 0 Å². The van der Waals surface area contributed by atoms with Crippen LogP contribution in [0.3, 0.4) is 0 Å². The molecule has 0 unspecified atom stereocenters. The van der Waals surface area contributed by atoms with Crippen LogP contribution in [0.5, 0.6) is 0 Å². The Morgan fingerprint density at radius 3 is 2.44 bits per heavy atom. The van der Waals surface area contributed by atoms with Gasteiger partial charge in [0.1, 0.15) is 0 Å². The van der Waals surface area contributed by atoms with Gasteiger partial charge in [0.25, 0.3) is 0 Å². The highest BCUT2D eigenvalue weighted by Gasteiger charge is 1.93. The maximum absolute atomic E-state index is 5.82. The van der Waals surface area contributed by atoms with E-state index in [1.54, 1.807) is 0 Å². The number of hydrogen-bond donors (Lipinski definition) is 0. The lowest BCUT2D eigenvalue weighted by Crippen LogP contribution is -2.10. The molecule has 0 aromatic heterocycles. The van der Waals surface area contributed by atoms with E-state index in [2.05, 4.69) is 6.82 Å². The van der Waals surface area contributed by atoms with Crippen molar-refractivity contribution in [2.75, 3.05) is 0 Å². The largest absolute Gasteiger partial charge is 0.156 e. The average Bonchev–Trinajstić information content (AvgIpc) is 1.89. The molecule has 2 heteroatoms. The fourth-order valence-corrected chi connectivity index (χ4v) is 1.05. The van der Waals surface area contributed by atoms with Crippen LogP contribution in [0.15, 0.2) is 24.3 Å². The summed E-state index contributed by atoms with van der Waals surface area (Å²) in [5, 5.41) is 0.875. The Hall–Kier alpha value is -0.425. The van der Waals surface area contributed by atoms with Crippen LogP contribution in [0.2, 0.25) is 11.8 Å². The molecule has 9 heavy (non-hydrogen) atoms. The lowest BCUT2D eigenvalue weighted by Gasteiger charge is -1.95. The van der Waals surface area contributed by atoms with Gasteiger partial charge in [-0.25, -0.2) is 0 Å². The third-order valence-corrected chi connectivity index (χ3v) is 1.71. The van der Waals surface area contributed by atoms with Crippen LogP contribution in [-0.2, 0) is 0 Å². The van der Waals surface area contributed by atoms with Gasteiger partial charge in [0.2, 0.25) is 0 Å². The molecule has 0 aliphatic heterocycles. The molecule has 0 nitrogen and oxygen atoms in total. The minimum atomic E-state index is 0.875. The molecule has 0 amide bonds.